The molecule has 1 amide bonds. The van der Waals surface area contributed by atoms with Crippen molar-refractivity contribution in [2.75, 3.05) is 46.6 Å². The first-order chi connectivity index (χ1) is 26.5. The highest BCUT2D eigenvalue weighted by atomic mass is 35.5. The number of rotatable bonds is 15. The van der Waals surface area contributed by atoms with E-state index in [2.05, 4.69) is 11.0 Å². The number of fused-ring (bicyclic) bond motifs is 1. The number of ether oxygens (including phenoxy) is 1. The standard InChI is InChI=1S/C35H38Cl2N2O3S.C6H8O7/c1-38(35(40)34-29-10-5-4-8-24(29)13-15-32(34)42-2)23-27(26-12-14-30(36)31(37)22-26)18-21-39-19-16-25(17-20-39)28-9-6-7-11-33(28)43(3)41;7-3(8)1-6(13,5(11)12)2-4(9)10/h4-15,22,25,27H,16-21,23H2,1-3H3;13H,1-2H2,(H,7,8)(H,9,10)(H,11,12)/t27-,43+;/m1./s1. The fraction of sp³-hybridized carbons (Fsp3) is 0.366. The van der Waals surface area contributed by atoms with E-state index >= 15 is 0 Å². The molecule has 0 unspecified atom stereocenters. The second-order valence-electron chi connectivity index (χ2n) is 13.8. The summed E-state index contributed by atoms with van der Waals surface area (Å²) in [5.74, 6) is -4.05. The third kappa shape index (κ3) is 11.6. The Morgan fingerprint density at radius 1 is 0.929 bits per heavy atom. The fourth-order valence-electron chi connectivity index (χ4n) is 6.98. The second kappa shape index (κ2) is 20.2. The Bertz CT molecular complexity index is 2010. The van der Waals surface area contributed by atoms with Crippen LogP contribution in [0.3, 0.4) is 0 Å². The number of hydrogen-bond donors (Lipinski definition) is 4. The van der Waals surface area contributed by atoms with Crippen molar-refractivity contribution < 1.29 is 48.9 Å². The molecule has 0 spiro atoms. The average molecular weight is 830 g/mol. The van der Waals surface area contributed by atoms with E-state index in [1.165, 1.54) is 5.56 Å². The number of carbonyl (C=O) groups is 4. The Balaban J connectivity index is 0.000000460. The van der Waals surface area contributed by atoms with Gasteiger partial charge in [-0.3, -0.25) is 14.4 Å². The van der Waals surface area contributed by atoms with Crippen molar-refractivity contribution in [3.8, 4) is 5.75 Å². The Morgan fingerprint density at radius 3 is 2.14 bits per heavy atom. The molecule has 1 aliphatic heterocycles. The van der Waals surface area contributed by atoms with Gasteiger partial charge in [0, 0.05) is 25.1 Å². The molecule has 0 saturated carbocycles. The lowest BCUT2D eigenvalue weighted by Crippen LogP contribution is -2.42. The Hall–Kier alpha value is -4.37. The molecule has 15 heteroatoms. The number of halogens is 2. The van der Waals surface area contributed by atoms with Gasteiger partial charge in [0.2, 0.25) is 0 Å². The molecule has 0 aliphatic carbocycles. The Morgan fingerprint density at radius 2 is 1.55 bits per heavy atom. The lowest BCUT2D eigenvalue weighted by molar-refractivity contribution is -0.170. The monoisotopic (exact) mass is 828 g/mol. The van der Waals surface area contributed by atoms with E-state index in [1.807, 2.05) is 79.8 Å². The summed E-state index contributed by atoms with van der Waals surface area (Å²) in [5.41, 5.74) is 0.123. The normalized spacial score (nSPS) is 14.6. The predicted molar refractivity (Wildman–Crippen MR) is 216 cm³/mol. The molecule has 4 aromatic carbocycles. The van der Waals surface area contributed by atoms with Gasteiger partial charge in [0.05, 0.1) is 35.6 Å². The largest absolute Gasteiger partial charge is 0.612 e. The van der Waals surface area contributed by atoms with Crippen LogP contribution >= 0.6 is 23.2 Å². The van der Waals surface area contributed by atoms with Crippen molar-refractivity contribution in [2.24, 2.45) is 0 Å². The minimum absolute atomic E-state index is 0.0608. The van der Waals surface area contributed by atoms with Gasteiger partial charge in [0.1, 0.15) is 12.0 Å². The molecule has 2 atom stereocenters. The van der Waals surface area contributed by atoms with E-state index in [0.29, 0.717) is 33.8 Å². The third-order valence-corrected chi connectivity index (χ3v) is 11.6. The Kier molecular flexibility index (Phi) is 16.0. The van der Waals surface area contributed by atoms with Crippen molar-refractivity contribution in [1.29, 1.82) is 0 Å². The van der Waals surface area contributed by atoms with Crippen LogP contribution in [-0.4, -0.2) is 111 Å². The molecule has 4 N–H and O–H groups in total. The number of hydrogen-bond acceptors (Lipinski definition) is 8. The van der Waals surface area contributed by atoms with E-state index in [4.69, 9.17) is 48.4 Å². The van der Waals surface area contributed by atoms with Crippen LogP contribution in [0.15, 0.2) is 83.8 Å². The topological polar surface area (TPSA) is 188 Å². The lowest BCUT2D eigenvalue weighted by Gasteiger charge is -2.34. The first-order valence-corrected chi connectivity index (χ1v) is 20.2. The summed E-state index contributed by atoms with van der Waals surface area (Å²) in [4.78, 5) is 49.7. The number of aliphatic carboxylic acids is 3. The van der Waals surface area contributed by atoms with Crippen molar-refractivity contribution in [2.45, 2.75) is 54.4 Å². The maximum atomic E-state index is 13.9. The number of carboxylic acids is 3. The van der Waals surface area contributed by atoms with Crippen LogP contribution in [-0.2, 0) is 25.6 Å². The minimum atomic E-state index is -2.74. The quantitative estimate of drug-likeness (QED) is 0.0927. The van der Waals surface area contributed by atoms with Gasteiger partial charge < -0.3 is 39.5 Å². The van der Waals surface area contributed by atoms with E-state index in [0.717, 1.165) is 60.1 Å². The van der Waals surface area contributed by atoms with Crippen LogP contribution in [0.1, 0.15) is 65.4 Å². The molecule has 0 radical (unpaired) electrons. The number of likely N-dealkylation sites (tertiary alicyclic amines) is 1. The van der Waals surface area contributed by atoms with Crippen LogP contribution in [0.25, 0.3) is 10.8 Å². The number of methoxy groups -OCH3 is 1. The molecule has 1 heterocycles. The molecule has 300 valence electrons. The first kappa shape index (κ1) is 44.3. The van der Waals surface area contributed by atoms with Gasteiger partial charge in [-0.15, -0.1) is 0 Å². The highest BCUT2D eigenvalue weighted by Gasteiger charge is 2.40. The molecule has 56 heavy (non-hydrogen) atoms. The van der Waals surface area contributed by atoms with E-state index < -0.39 is 47.5 Å². The van der Waals surface area contributed by atoms with Gasteiger partial charge in [0.15, 0.2) is 10.5 Å². The van der Waals surface area contributed by atoms with Crippen LogP contribution in [0.5, 0.6) is 5.75 Å². The fourth-order valence-corrected chi connectivity index (χ4v) is 8.12. The van der Waals surface area contributed by atoms with Gasteiger partial charge in [-0.05, 0) is 96.6 Å². The highest BCUT2D eigenvalue weighted by Crippen LogP contribution is 2.35. The average Bonchev–Trinajstić information content (AvgIpc) is 3.16. The van der Waals surface area contributed by atoms with Gasteiger partial charge in [-0.1, -0.05) is 77.8 Å². The van der Waals surface area contributed by atoms with Gasteiger partial charge in [-0.25, -0.2) is 4.79 Å². The smallest absolute Gasteiger partial charge is 0.336 e. The number of carbonyl (C=O) groups excluding carboxylic acids is 1. The molecular weight excluding hydrogens is 783 g/mol. The lowest BCUT2D eigenvalue weighted by atomic mass is 9.88. The number of amides is 1. The summed E-state index contributed by atoms with van der Waals surface area (Å²) in [5, 5.41) is 36.7. The van der Waals surface area contributed by atoms with Crippen LogP contribution in [0, 0.1) is 0 Å². The van der Waals surface area contributed by atoms with Gasteiger partial charge in [0.25, 0.3) is 5.91 Å². The molecule has 1 aliphatic rings. The molecule has 0 bridgehead atoms. The summed E-state index contributed by atoms with van der Waals surface area (Å²) in [7, 11) is 3.46. The van der Waals surface area contributed by atoms with Gasteiger partial charge >= 0.3 is 17.9 Å². The van der Waals surface area contributed by atoms with Crippen molar-refractivity contribution >= 4 is 69.0 Å². The highest BCUT2D eigenvalue weighted by molar-refractivity contribution is 7.90. The zero-order chi connectivity index (χ0) is 41.2. The third-order valence-electron chi connectivity index (χ3n) is 9.92. The number of aliphatic hydroxyl groups is 1. The number of likely N-dealkylation sites (N-methyl/N-ethyl adjacent to an activating group) is 1. The number of piperidine rings is 1. The summed E-state index contributed by atoms with van der Waals surface area (Å²) in [6, 6.07) is 25.7. The van der Waals surface area contributed by atoms with Gasteiger partial charge in [-0.2, -0.15) is 0 Å². The van der Waals surface area contributed by atoms with E-state index in [9.17, 15) is 23.7 Å². The molecule has 1 fully saturated rings. The van der Waals surface area contributed by atoms with E-state index in [1.54, 1.807) is 18.3 Å². The summed E-state index contributed by atoms with van der Waals surface area (Å²) < 4.78 is 17.9. The predicted octanol–water partition coefficient (Wildman–Crippen LogP) is 6.77. The molecule has 5 rings (SSSR count). The van der Waals surface area contributed by atoms with Crippen LogP contribution in [0.4, 0.5) is 0 Å². The van der Waals surface area contributed by atoms with Crippen LogP contribution in [0.2, 0.25) is 10.0 Å². The van der Waals surface area contributed by atoms with E-state index in [-0.39, 0.29) is 11.8 Å². The number of nitrogens with zero attached hydrogens (tertiary/aromatic N) is 2. The minimum Gasteiger partial charge on any atom is -0.612 e. The maximum Gasteiger partial charge on any atom is 0.336 e. The first-order valence-electron chi connectivity index (χ1n) is 17.8. The number of carboxylic acid groups (broad SMARTS) is 3. The maximum absolute atomic E-state index is 13.9. The summed E-state index contributed by atoms with van der Waals surface area (Å²) >= 11 is 11.7. The molecule has 12 nitrogen and oxygen atoms in total. The second-order valence-corrected chi connectivity index (χ2v) is 16.0. The van der Waals surface area contributed by atoms with Crippen LogP contribution < -0.4 is 4.74 Å². The number of benzene rings is 4. The molecular formula is C41H46Cl2N2O10S. The SMILES string of the molecule is COc1ccc2ccccc2c1C(=O)N(C)C[C@@H](CCN1CCC(c2ccccc2[S@+](C)[O-])CC1)c1ccc(Cl)c(Cl)c1.O=C(O)CC(O)(CC(=O)O)C(=O)O. The van der Waals surface area contributed by atoms with Crippen molar-refractivity contribution in [3.63, 3.8) is 0 Å². The Labute approximate surface area is 338 Å². The van der Waals surface area contributed by atoms with Crippen molar-refractivity contribution in [3.05, 3.63) is 106 Å². The summed E-state index contributed by atoms with van der Waals surface area (Å²) in [6.07, 6.45) is 2.40. The zero-order valence-corrected chi connectivity index (χ0v) is 33.6. The summed E-state index contributed by atoms with van der Waals surface area (Å²) in [6.45, 7) is 3.38. The molecule has 1 saturated heterocycles. The molecule has 4 aromatic rings. The van der Waals surface area contributed by atoms with Crippen molar-refractivity contribution in [1.82, 2.24) is 9.80 Å². The zero-order valence-electron chi connectivity index (χ0n) is 31.3. The molecule has 0 aromatic heterocycles.